The van der Waals surface area contributed by atoms with Crippen LogP contribution in [-0.2, 0) is 18.6 Å². The molecule has 98 valence electrons. The van der Waals surface area contributed by atoms with Gasteiger partial charge in [-0.25, -0.2) is 0 Å². The largest absolute Gasteiger partial charge is 0.417 e. The lowest BCUT2D eigenvalue weighted by Gasteiger charge is -2.35. The molecule has 0 bridgehead atoms. The first-order valence-electron chi connectivity index (χ1n) is 5.89. The van der Waals surface area contributed by atoms with E-state index in [0.717, 1.165) is 12.8 Å². The highest BCUT2D eigenvalue weighted by Crippen LogP contribution is 2.24. The molecule has 0 aliphatic carbocycles. The van der Waals surface area contributed by atoms with E-state index in [2.05, 4.69) is 6.92 Å². The van der Waals surface area contributed by atoms with Crippen molar-refractivity contribution in [1.82, 2.24) is 0 Å². The first-order valence-corrected chi connectivity index (χ1v) is 6.70. The van der Waals surface area contributed by atoms with E-state index in [0.29, 0.717) is 10.5 Å². The van der Waals surface area contributed by atoms with Crippen molar-refractivity contribution in [2.45, 2.75) is 51.1 Å². The maximum atomic E-state index is 5.53. The third-order valence-corrected chi connectivity index (χ3v) is 3.42. The van der Waals surface area contributed by atoms with E-state index in [9.17, 15) is 0 Å². The molecule has 5 heteroatoms. The molecular weight excluding hydrogens is 224 g/mol. The molecular formula is C11H26O4Si. The molecule has 0 amide bonds. The van der Waals surface area contributed by atoms with E-state index in [1.165, 1.54) is 19.3 Å². The average Bonchev–Trinajstić information content (AvgIpc) is 2.34. The lowest BCUT2D eigenvalue weighted by Crippen LogP contribution is -2.48. The Morgan fingerprint density at radius 1 is 1.00 bits per heavy atom. The molecule has 16 heavy (non-hydrogen) atoms. The Labute approximate surface area is 102 Å². The SMILES string of the molecule is CCCCCCC(O[SiH3])C(OC)(OC)OC. The van der Waals surface area contributed by atoms with Gasteiger partial charge in [-0.05, 0) is 6.42 Å². The lowest BCUT2D eigenvalue weighted by molar-refractivity contribution is -0.384. The van der Waals surface area contributed by atoms with Gasteiger partial charge in [-0.3, -0.25) is 0 Å². The summed E-state index contributed by atoms with van der Waals surface area (Å²) in [4.78, 5) is 0. The van der Waals surface area contributed by atoms with Crippen molar-refractivity contribution in [2.75, 3.05) is 21.3 Å². The Morgan fingerprint density at radius 2 is 1.56 bits per heavy atom. The maximum Gasteiger partial charge on any atom is 0.308 e. The van der Waals surface area contributed by atoms with Gasteiger partial charge in [0.05, 0.1) is 0 Å². The lowest BCUT2D eigenvalue weighted by atomic mass is 10.1. The molecule has 0 saturated heterocycles. The molecule has 0 radical (unpaired) electrons. The molecule has 0 aromatic carbocycles. The quantitative estimate of drug-likeness (QED) is 0.332. The van der Waals surface area contributed by atoms with Crippen molar-refractivity contribution in [2.24, 2.45) is 0 Å². The monoisotopic (exact) mass is 250 g/mol. The van der Waals surface area contributed by atoms with Gasteiger partial charge < -0.3 is 18.6 Å². The van der Waals surface area contributed by atoms with Crippen LogP contribution in [0.3, 0.4) is 0 Å². The zero-order valence-corrected chi connectivity index (χ0v) is 13.2. The molecule has 0 fully saturated rings. The first-order chi connectivity index (χ1) is 7.70. The smallest absolute Gasteiger partial charge is 0.308 e. The van der Waals surface area contributed by atoms with E-state index in [1.807, 2.05) is 0 Å². The Hall–Kier alpha value is 0.0569. The summed E-state index contributed by atoms with van der Waals surface area (Å²) in [5.74, 6) is -1.05. The summed E-state index contributed by atoms with van der Waals surface area (Å²) in [6.45, 7) is 2.20. The van der Waals surface area contributed by atoms with Crippen molar-refractivity contribution >= 4 is 10.5 Å². The molecule has 0 rings (SSSR count). The van der Waals surface area contributed by atoms with Crippen molar-refractivity contribution in [1.29, 1.82) is 0 Å². The van der Waals surface area contributed by atoms with Crippen molar-refractivity contribution in [3.05, 3.63) is 0 Å². The summed E-state index contributed by atoms with van der Waals surface area (Å²) in [6, 6.07) is 0. The maximum absolute atomic E-state index is 5.53. The summed E-state index contributed by atoms with van der Waals surface area (Å²) in [5, 5.41) is 0. The van der Waals surface area contributed by atoms with Gasteiger partial charge in [0.15, 0.2) is 0 Å². The molecule has 0 aromatic heterocycles. The van der Waals surface area contributed by atoms with Crippen LogP contribution in [0.25, 0.3) is 0 Å². The second kappa shape index (κ2) is 9.12. The van der Waals surface area contributed by atoms with Gasteiger partial charge in [0.1, 0.15) is 16.6 Å². The highest BCUT2D eigenvalue weighted by atomic mass is 28.2. The summed E-state index contributed by atoms with van der Waals surface area (Å²) in [6.07, 6.45) is 5.57. The fourth-order valence-corrected chi connectivity index (χ4v) is 2.36. The number of rotatable bonds is 10. The number of unbranched alkanes of at least 4 members (excludes halogenated alkanes) is 3. The average molecular weight is 250 g/mol. The number of ether oxygens (including phenoxy) is 3. The highest BCUT2D eigenvalue weighted by Gasteiger charge is 2.39. The second-order valence-electron chi connectivity index (χ2n) is 3.79. The highest BCUT2D eigenvalue weighted by molar-refractivity contribution is 5.98. The van der Waals surface area contributed by atoms with Gasteiger partial charge in [-0.15, -0.1) is 0 Å². The Balaban J connectivity index is 4.21. The van der Waals surface area contributed by atoms with Crippen LogP contribution >= 0.6 is 0 Å². The fraction of sp³-hybridized carbons (Fsp3) is 1.00. The van der Waals surface area contributed by atoms with Gasteiger partial charge >= 0.3 is 5.97 Å². The minimum atomic E-state index is -1.05. The van der Waals surface area contributed by atoms with Crippen LogP contribution in [0.2, 0.25) is 0 Å². The standard InChI is InChI=1S/C11H26O4Si/c1-5-6-7-8-9-10(15-16)11(12-2,13-3)14-4/h10H,5-9H2,1-4,16H3. The fourth-order valence-electron chi connectivity index (χ4n) is 1.84. The van der Waals surface area contributed by atoms with Crippen LogP contribution < -0.4 is 0 Å². The van der Waals surface area contributed by atoms with Gasteiger partial charge in [0.2, 0.25) is 0 Å². The molecule has 0 aliphatic rings. The first kappa shape index (κ1) is 16.1. The van der Waals surface area contributed by atoms with Crippen LogP contribution in [0.4, 0.5) is 0 Å². The molecule has 1 atom stereocenters. The van der Waals surface area contributed by atoms with Crippen molar-refractivity contribution in [3.8, 4) is 0 Å². The zero-order valence-electron chi connectivity index (χ0n) is 11.2. The molecule has 0 aliphatic heterocycles. The third-order valence-electron chi connectivity index (χ3n) is 2.85. The summed E-state index contributed by atoms with van der Waals surface area (Å²) >= 11 is 0. The van der Waals surface area contributed by atoms with Crippen LogP contribution in [0, 0.1) is 0 Å². The summed E-state index contributed by atoms with van der Waals surface area (Å²) in [7, 11) is 5.37. The van der Waals surface area contributed by atoms with Gasteiger partial charge in [0, 0.05) is 21.3 Å². The van der Waals surface area contributed by atoms with Crippen LogP contribution in [0.5, 0.6) is 0 Å². The predicted molar refractivity (Wildman–Crippen MR) is 67.3 cm³/mol. The van der Waals surface area contributed by atoms with Crippen molar-refractivity contribution in [3.63, 3.8) is 0 Å². The Bertz CT molecular complexity index is 154. The van der Waals surface area contributed by atoms with E-state index < -0.39 is 5.97 Å². The minimum absolute atomic E-state index is 0.143. The Kier molecular flexibility index (Phi) is 9.16. The number of methoxy groups -OCH3 is 3. The van der Waals surface area contributed by atoms with Crippen LogP contribution in [0.15, 0.2) is 0 Å². The molecule has 0 saturated carbocycles. The second-order valence-corrected chi connectivity index (χ2v) is 4.26. The summed E-state index contributed by atoms with van der Waals surface area (Å²) in [5.41, 5.74) is 0. The van der Waals surface area contributed by atoms with Gasteiger partial charge in [-0.1, -0.05) is 32.6 Å². The summed E-state index contributed by atoms with van der Waals surface area (Å²) < 4.78 is 21.4. The topological polar surface area (TPSA) is 36.9 Å². The van der Waals surface area contributed by atoms with Gasteiger partial charge in [0.25, 0.3) is 0 Å². The van der Waals surface area contributed by atoms with Crippen LogP contribution in [-0.4, -0.2) is 43.9 Å². The van der Waals surface area contributed by atoms with Gasteiger partial charge in [-0.2, -0.15) is 0 Å². The van der Waals surface area contributed by atoms with Crippen molar-refractivity contribution < 1.29 is 18.6 Å². The predicted octanol–water partition coefficient (Wildman–Crippen LogP) is 1.22. The molecule has 0 N–H and O–H groups in total. The van der Waals surface area contributed by atoms with E-state index in [1.54, 1.807) is 21.3 Å². The normalized spacial score (nSPS) is 14.2. The molecule has 4 nitrogen and oxygen atoms in total. The zero-order chi connectivity index (χ0) is 12.4. The van der Waals surface area contributed by atoms with E-state index in [4.69, 9.17) is 18.6 Å². The Morgan fingerprint density at radius 3 is 1.94 bits per heavy atom. The molecule has 1 unspecified atom stereocenters. The third kappa shape index (κ3) is 4.51. The number of hydrogen-bond acceptors (Lipinski definition) is 4. The molecule has 0 spiro atoms. The van der Waals surface area contributed by atoms with Crippen LogP contribution in [0.1, 0.15) is 39.0 Å². The molecule has 0 aromatic rings. The minimum Gasteiger partial charge on any atom is -0.417 e. The number of hydrogen-bond donors (Lipinski definition) is 0. The van der Waals surface area contributed by atoms with E-state index in [-0.39, 0.29) is 6.10 Å². The van der Waals surface area contributed by atoms with E-state index >= 15 is 0 Å². The molecule has 0 heterocycles.